The molecule has 1 N–H and O–H groups in total. The van der Waals surface area contributed by atoms with Crippen molar-refractivity contribution in [3.63, 3.8) is 0 Å². The highest BCUT2D eigenvalue weighted by atomic mass is 19.1. The van der Waals surface area contributed by atoms with Gasteiger partial charge in [0.2, 0.25) is 5.91 Å². The van der Waals surface area contributed by atoms with E-state index in [1.165, 1.54) is 44.1 Å². The van der Waals surface area contributed by atoms with Crippen molar-refractivity contribution in [2.45, 2.75) is 38.3 Å². The Morgan fingerprint density at radius 1 is 1.43 bits per heavy atom. The van der Waals surface area contributed by atoms with Crippen molar-refractivity contribution >= 4 is 11.9 Å². The molecular weight excluding hydrogens is 277 g/mol. The topological polar surface area (TPSA) is 66.8 Å². The lowest BCUT2D eigenvalue weighted by molar-refractivity contribution is -0.159. The summed E-state index contributed by atoms with van der Waals surface area (Å²) in [4.78, 5) is 25.1. The van der Waals surface area contributed by atoms with Gasteiger partial charge in [-0.15, -0.1) is 0 Å². The van der Waals surface area contributed by atoms with E-state index < -0.39 is 23.2 Å². The van der Waals surface area contributed by atoms with Crippen LogP contribution in [0, 0.1) is 5.82 Å². The predicted octanol–water partition coefficient (Wildman–Crippen LogP) is 2.14. The normalized spacial score (nSPS) is 17.0. The number of methoxy groups -OCH3 is 1. The maximum absolute atomic E-state index is 14.3. The fourth-order valence-electron chi connectivity index (χ4n) is 2.75. The van der Waals surface area contributed by atoms with Crippen molar-refractivity contribution < 1.29 is 23.8 Å². The van der Waals surface area contributed by atoms with Crippen LogP contribution in [0.1, 0.15) is 32.3 Å². The molecule has 0 saturated heterocycles. The second kappa shape index (κ2) is 5.35. The highest BCUT2D eigenvalue weighted by Crippen LogP contribution is 2.43. The van der Waals surface area contributed by atoms with E-state index in [2.05, 4.69) is 0 Å². The lowest BCUT2D eigenvalue weighted by atomic mass is 9.88. The summed E-state index contributed by atoms with van der Waals surface area (Å²) in [7, 11) is 1.34. The average Bonchev–Trinajstić information content (AvgIpc) is 3.21. The Morgan fingerprint density at radius 3 is 2.48 bits per heavy atom. The minimum Gasteiger partial charge on any atom is -0.496 e. The maximum atomic E-state index is 14.3. The summed E-state index contributed by atoms with van der Waals surface area (Å²) < 4.78 is 19.4. The van der Waals surface area contributed by atoms with Gasteiger partial charge in [0.05, 0.1) is 12.7 Å². The standard InChI is InChI=1S/C15H18FNO4/c1-9(18)17(10-7-8-10)15(2,14(19)20)13-11(16)5-4-6-12(13)21-3/h4-6,10H,7-8H2,1-3H3,(H,19,20). The number of amides is 1. The van der Waals surface area contributed by atoms with Crippen molar-refractivity contribution in [3.8, 4) is 5.75 Å². The summed E-state index contributed by atoms with van der Waals surface area (Å²) in [6.07, 6.45) is 1.44. The largest absolute Gasteiger partial charge is 0.496 e. The predicted molar refractivity (Wildman–Crippen MR) is 73.5 cm³/mol. The first-order chi connectivity index (χ1) is 9.83. The summed E-state index contributed by atoms with van der Waals surface area (Å²) in [6.45, 7) is 2.64. The molecule has 0 aromatic heterocycles. The van der Waals surface area contributed by atoms with E-state index >= 15 is 0 Å². The van der Waals surface area contributed by atoms with Gasteiger partial charge < -0.3 is 14.7 Å². The van der Waals surface area contributed by atoms with Gasteiger partial charge in [-0.1, -0.05) is 6.07 Å². The number of carbonyl (C=O) groups is 2. The molecule has 1 unspecified atom stereocenters. The van der Waals surface area contributed by atoms with Gasteiger partial charge in [-0.25, -0.2) is 9.18 Å². The molecule has 1 fully saturated rings. The SMILES string of the molecule is COc1cccc(F)c1C(C)(C(=O)O)N(C(C)=O)C1CC1. The van der Waals surface area contributed by atoms with E-state index in [-0.39, 0.29) is 17.4 Å². The Balaban J connectivity index is 2.68. The third-order valence-corrected chi connectivity index (χ3v) is 3.83. The molecule has 21 heavy (non-hydrogen) atoms. The van der Waals surface area contributed by atoms with Crippen LogP contribution in [0.3, 0.4) is 0 Å². The summed E-state index contributed by atoms with van der Waals surface area (Å²) in [5, 5.41) is 9.71. The van der Waals surface area contributed by atoms with Crippen LogP contribution in [0.5, 0.6) is 5.75 Å². The molecule has 6 heteroatoms. The van der Waals surface area contributed by atoms with E-state index in [0.29, 0.717) is 0 Å². The van der Waals surface area contributed by atoms with Crippen LogP contribution >= 0.6 is 0 Å². The summed E-state index contributed by atoms with van der Waals surface area (Å²) in [5.41, 5.74) is -1.92. The number of nitrogens with zero attached hydrogens (tertiary/aromatic N) is 1. The maximum Gasteiger partial charge on any atom is 0.334 e. The van der Waals surface area contributed by atoms with Crippen LogP contribution in [-0.2, 0) is 15.1 Å². The second-order valence-electron chi connectivity index (χ2n) is 5.31. The van der Waals surface area contributed by atoms with Crippen molar-refractivity contribution in [3.05, 3.63) is 29.6 Å². The number of hydrogen-bond donors (Lipinski definition) is 1. The smallest absolute Gasteiger partial charge is 0.334 e. The van der Waals surface area contributed by atoms with Crippen LogP contribution in [0.15, 0.2) is 18.2 Å². The highest BCUT2D eigenvalue weighted by Gasteiger charge is 2.51. The number of carboxylic acids is 1. The average molecular weight is 295 g/mol. The molecule has 1 atom stereocenters. The molecule has 2 rings (SSSR count). The minimum atomic E-state index is -1.80. The number of benzene rings is 1. The third-order valence-electron chi connectivity index (χ3n) is 3.83. The zero-order valence-electron chi connectivity index (χ0n) is 12.2. The number of carboxylic acid groups (broad SMARTS) is 1. The van der Waals surface area contributed by atoms with Crippen LogP contribution in [0.2, 0.25) is 0 Å². The molecule has 1 aromatic carbocycles. The van der Waals surface area contributed by atoms with Gasteiger partial charge in [0.25, 0.3) is 0 Å². The third kappa shape index (κ3) is 2.46. The Hall–Kier alpha value is -2.11. The Kier molecular flexibility index (Phi) is 3.89. The summed E-state index contributed by atoms with van der Waals surface area (Å²) in [5.74, 6) is -2.27. The number of halogens is 1. The van der Waals surface area contributed by atoms with Gasteiger partial charge in [0.1, 0.15) is 11.6 Å². The number of hydrogen-bond acceptors (Lipinski definition) is 3. The number of aliphatic carboxylic acids is 1. The monoisotopic (exact) mass is 295 g/mol. The zero-order chi connectivity index (χ0) is 15.8. The minimum absolute atomic E-state index is 0.117. The molecule has 0 bridgehead atoms. The van der Waals surface area contributed by atoms with Crippen molar-refractivity contribution in [1.82, 2.24) is 4.90 Å². The summed E-state index contributed by atoms with van der Waals surface area (Å²) >= 11 is 0. The molecule has 5 nitrogen and oxygen atoms in total. The number of rotatable bonds is 5. The lowest BCUT2D eigenvalue weighted by Gasteiger charge is -2.38. The molecule has 1 aromatic rings. The Labute approximate surface area is 122 Å². The fourth-order valence-corrected chi connectivity index (χ4v) is 2.75. The van der Waals surface area contributed by atoms with Crippen LogP contribution < -0.4 is 4.74 Å². The van der Waals surface area contributed by atoms with E-state index in [1.54, 1.807) is 0 Å². The van der Waals surface area contributed by atoms with E-state index in [0.717, 1.165) is 12.8 Å². The molecule has 114 valence electrons. The second-order valence-corrected chi connectivity index (χ2v) is 5.31. The molecule has 0 aliphatic heterocycles. The van der Waals surface area contributed by atoms with E-state index in [4.69, 9.17) is 4.74 Å². The first kappa shape index (κ1) is 15.3. The van der Waals surface area contributed by atoms with Crippen molar-refractivity contribution in [2.75, 3.05) is 7.11 Å². The van der Waals surface area contributed by atoms with Gasteiger partial charge >= 0.3 is 5.97 Å². The quantitative estimate of drug-likeness (QED) is 0.904. The Bertz CT molecular complexity index is 585. The molecular formula is C15H18FNO4. The molecule has 1 saturated carbocycles. The zero-order valence-corrected chi connectivity index (χ0v) is 12.2. The number of ether oxygens (including phenoxy) is 1. The van der Waals surface area contributed by atoms with Gasteiger partial charge in [-0.2, -0.15) is 0 Å². The van der Waals surface area contributed by atoms with Crippen LogP contribution in [-0.4, -0.2) is 35.0 Å². The van der Waals surface area contributed by atoms with Crippen molar-refractivity contribution in [1.29, 1.82) is 0 Å². The molecule has 1 amide bonds. The highest BCUT2D eigenvalue weighted by molar-refractivity contribution is 5.88. The molecule has 1 aliphatic carbocycles. The van der Waals surface area contributed by atoms with Gasteiger partial charge in [-0.3, -0.25) is 4.79 Å². The number of carbonyl (C=O) groups excluding carboxylic acids is 1. The molecule has 0 radical (unpaired) electrons. The van der Waals surface area contributed by atoms with Gasteiger partial charge in [0.15, 0.2) is 5.54 Å². The lowest BCUT2D eigenvalue weighted by Crippen LogP contribution is -2.53. The first-order valence-corrected chi connectivity index (χ1v) is 6.70. The molecule has 0 heterocycles. The first-order valence-electron chi connectivity index (χ1n) is 6.70. The Morgan fingerprint density at radius 2 is 2.05 bits per heavy atom. The fraction of sp³-hybridized carbons (Fsp3) is 0.467. The summed E-state index contributed by atoms with van der Waals surface area (Å²) in [6, 6.07) is 3.93. The van der Waals surface area contributed by atoms with E-state index in [1.807, 2.05) is 0 Å². The van der Waals surface area contributed by atoms with E-state index in [9.17, 15) is 19.1 Å². The van der Waals surface area contributed by atoms with Gasteiger partial charge in [-0.05, 0) is 31.9 Å². The van der Waals surface area contributed by atoms with Gasteiger partial charge in [0, 0.05) is 13.0 Å². The van der Waals surface area contributed by atoms with Crippen LogP contribution in [0.4, 0.5) is 4.39 Å². The van der Waals surface area contributed by atoms with Crippen LogP contribution in [0.25, 0.3) is 0 Å². The molecule has 0 spiro atoms. The molecule has 1 aliphatic rings. The van der Waals surface area contributed by atoms with Crippen molar-refractivity contribution in [2.24, 2.45) is 0 Å².